The number of hydrogen-bond acceptors (Lipinski definition) is 5. The molecule has 0 saturated carbocycles. The van der Waals surface area contributed by atoms with E-state index in [1.165, 1.54) is 16.2 Å². The standard InChI is InChI=1S/C22H21BrN4O3S/c1-13-21(31-14(2)25-13)19(28)17-18(15-4-6-16(23)7-5-15)27(22(30)20(17)29)10-3-9-26-11-8-24-12-26/h4-8,11-12,18H,3,9-10H2,1-2H3,(H,28,29). The molecule has 1 aliphatic rings. The molecule has 0 spiro atoms. The Labute approximate surface area is 192 Å². The number of hydrogen-bond donors (Lipinski definition) is 1. The summed E-state index contributed by atoms with van der Waals surface area (Å²) in [6.07, 6.45) is 6.20. The molecule has 3 heterocycles. The molecule has 1 aliphatic heterocycles. The summed E-state index contributed by atoms with van der Waals surface area (Å²) in [6.45, 7) is 4.61. The van der Waals surface area contributed by atoms with Gasteiger partial charge in [0.15, 0.2) is 0 Å². The summed E-state index contributed by atoms with van der Waals surface area (Å²) in [5.74, 6) is -1.76. The molecule has 0 fully saturated rings. The average Bonchev–Trinajstić information content (AvgIpc) is 3.43. The van der Waals surface area contributed by atoms with E-state index in [9.17, 15) is 14.7 Å². The molecule has 2 aromatic heterocycles. The number of aryl methyl sites for hydroxylation is 3. The number of imidazole rings is 1. The number of halogens is 1. The Kier molecular flexibility index (Phi) is 6.06. The second-order valence-corrected chi connectivity index (χ2v) is 9.49. The van der Waals surface area contributed by atoms with Crippen molar-refractivity contribution < 1.29 is 19.3 Å². The number of nitrogens with one attached hydrogen (secondary N) is 1. The van der Waals surface area contributed by atoms with Crippen molar-refractivity contribution in [2.75, 3.05) is 6.54 Å². The molecule has 3 aromatic rings. The zero-order valence-electron chi connectivity index (χ0n) is 17.1. The fourth-order valence-electron chi connectivity index (χ4n) is 3.84. The first-order valence-electron chi connectivity index (χ1n) is 9.85. The smallest absolute Gasteiger partial charge is 0.241 e. The van der Waals surface area contributed by atoms with Crippen LogP contribution in [0.4, 0.5) is 0 Å². The van der Waals surface area contributed by atoms with Crippen LogP contribution in [0.25, 0.3) is 0 Å². The molecule has 0 bridgehead atoms. The lowest BCUT2D eigenvalue weighted by Crippen LogP contribution is -2.37. The quantitative estimate of drug-likeness (QED) is 0.398. The number of H-pyrrole nitrogens is 1. The lowest BCUT2D eigenvalue weighted by atomic mass is 9.95. The van der Waals surface area contributed by atoms with E-state index >= 15 is 0 Å². The predicted octanol–water partition coefficient (Wildman–Crippen LogP) is 2.61. The van der Waals surface area contributed by atoms with Crippen LogP contribution in [0, 0.1) is 13.8 Å². The molecule has 1 unspecified atom stereocenters. The maximum Gasteiger partial charge on any atom is 0.241 e. The van der Waals surface area contributed by atoms with Gasteiger partial charge in [0.2, 0.25) is 18.0 Å². The Morgan fingerprint density at radius 2 is 2.06 bits per heavy atom. The van der Waals surface area contributed by atoms with Gasteiger partial charge in [-0.1, -0.05) is 28.1 Å². The van der Waals surface area contributed by atoms with Crippen molar-refractivity contribution in [2.24, 2.45) is 0 Å². The lowest BCUT2D eigenvalue weighted by molar-refractivity contribution is -0.695. The van der Waals surface area contributed by atoms with Gasteiger partial charge in [0.1, 0.15) is 12.4 Å². The molecule has 160 valence electrons. The summed E-state index contributed by atoms with van der Waals surface area (Å²) in [6, 6.07) is 6.67. The minimum absolute atomic E-state index is 0.00775. The molecule has 1 amide bonds. The zero-order chi connectivity index (χ0) is 22.1. The Morgan fingerprint density at radius 1 is 1.32 bits per heavy atom. The summed E-state index contributed by atoms with van der Waals surface area (Å²) in [5.41, 5.74) is 1.32. The molecular weight excluding hydrogens is 480 g/mol. The van der Waals surface area contributed by atoms with Gasteiger partial charge in [-0.05, 0) is 37.3 Å². The number of carbonyl (C=O) groups excluding carboxylic acids is 2. The van der Waals surface area contributed by atoms with E-state index in [1.54, 1.807) is 6.92 Å². The first-order chi connectivity index (χ1) is 14.9. The van der Waals surface area contributed by atoms with E-state index in [2.05, 4.69) is 25.9 Å². The van der Waals surface area contributed by atoms with Crippen LogP contribution >= 0.6 is 27.3 Å². The highest BCUT2D eigenvalue weighted by molar-refractivity contribution is 9.10. The van der Waals surface area contributed by atoms with Crippen molar-refractivity contribution in [1.82, 2.24) is 14.9 Å². The zero-order valence-corrected chi connectivity index (χ0v) is 19.5. The number of rotatable bonds is 7. The van der Waals surface area contributed by atoms with E-state index in [0.717, 1.165) is 15.0 Å². The van der Waals surface area contributed by atoms with Gasteiger partial charge in [-0.2, -0.15) is 0 Å². The molecule has 9 heteroatoms. The molecule has 7 nitrogen and oxygen atoms in total. The average molecular weight is 501 g/mol. The minimum Gasteiger partial charge on any atom is -0.868 e. The Bertz CT molecular complexity index is 1150. The van der Waals surface area contributed by atoms with Crippen molar-refractivity contribution in [3.63, 3.8) is 0 Å². The van der Waals surface area contributed by atoms with Gasteiger partial charge in [-0.3, -0.25) is 14.6 Å². The number of nitrogens with zero attached hydrogens (tertiary/aromatic N) is 3. The third kappa shape index (κ3) is 4.20. The number of aromatic amines is 1. The minimum atomic E-state index is -0.724. The first-order valence-corrected chi connectivity index (χ1v) is 11.5. The van der Waals surface area contributed by atoms with Crippen LogP contribution < -0.4 is 9.67 Å². The van der Waals surface area contributed by atoms with Crippen LogP contribution in [-0.4, -0.2) is 33.1 Å². The number of benzene rings is 1. The molecular formula is C22H21BrN4O3S. The topological polar surface area (TPSA) is 93.0 Å². The SMILES string of the molecule is Cc1nc(C)c(C(=O)C2=C([O-])C(=O)N(CCC[n+]3cc[nH]c3)C2c2ccc(Br)cc2)s1. The number of carbonyl (C=O) groups is 2. The van der Waals surface area contributed by atoms with Gasteiger partial charge in [0.05, 0.1) is 28.2 Å². The highest BCUT2D eigenvalue weighted by atomic mass is 79.9. The van der Waals surface area contributed by atoms with Gasteiger partial charge in [-0.25, -0.2) is 9.55 Å². The second kappa shape index (κ2) is 8.76. The normalized spacial score (nSPS) is 16.4. The monoisotopic (exact) mass is 500 g/mol. The summed E-state index contributed by atoms with van der Waals surface area (Å²) in [7, 11) is 0. The van der Waals surface area contributed by atoms with Crippen molar-refractivity contribution in [1.29, 1.82) is 0 Å². The van der Waals surface area contributed by atoms with Crippen molar-refractivity contribution >= 4 is 39.0 Å². The number of Topliss-reactive ketones (excluding diaryl/α,β-unsaturated/α-hetero) is 1. The Hall–Kier alpha value is -2.78. The molecule has 0 saturated heterocycles. The predicted molar refractivity (Wildman–Crippen MR) is 117 cm³/mol. The first kappa shape index (κ1) is 21.5. The van der Waals surface area contributed by atoms with E-state index < -0.39 is 23.5 Å². The van der Waals surface area contributed by atoms with Crippen LogP contribution in [0.1, 0.15) is 38.4 Å². The van der Waals surface area contributed by atoms with Crippen LogP contribution in [0.5, 0.6) is 0 Å². The third-order valence-corrected chi connectivity index (χ3v) is 6.84. The van der Waals surface area contributed by atoms with Gasteiger partial charge < -0.3 is 10.0 Å². The van der Waals surface area contributed by atoms with E-state index in [-0.39, 0.29) is 5.57 Å². The van der Waals surface area contributed by atoms with E-state index in [4.69, 9.17) is 0 Å². The molecule has 31 heavy (non-hydrogen) atoms. The maximum absolute atomic E-state index is 13.4. The number of thiazole rings is 1. The fourth-order valence-corrected chi connectivity index (χ4v) is 4.98. The molecule has 1 atom stereocenters. The molecule has 1 N–H and O–H groups in total. The molecule has 4 rings (SSSR count). The van der Waals surface area contributed by atoms with Gasteiger partial charge in [-0.15, -0.1) is 11.3 Å². The highest BCUT2D eigenvalue weighted by Gasteiger charge is 2.40. The lowest BCUT2D eigenvalue weighted by Gasteiger charge is -2.27. The van der Waals surface area contributed by atoms with Crippen molar-refractivity contribution in [2.45, 2.75) is 32.9 Å². The van der Waals surface area contributed by atoms with Gasteiger partial charge in [0, 0.05) is 23.0 Å². The van der Waals surface area contributed by atoms with Crippen LogP contribution in [0.3, 0.4) is 0 Å². The summed E-state index contributed by atoms with van der Waals surface area (Å²) in [5, 5.41) is 13.8. The van der Waals surface area contributed by atoms with E-state index in [1.807, 2.05) is 54.5 Å². The largest absolute Gasteiger partial charge is 0.868 e. The summed E-state index contributed by atoms with van der Waals surface area (Å²) >= 11 is 4.67. The van der Waals surface area contributed by atoms with Crippen molar-refractivity contribution in [3.05, 3.63) is 79.9 Å². The summed E-state index contributed by atoms with van der Waals surface area (Å²) < 4.78 is 2.85. The third-order valence-electron chi connectivity index (χ3n) is 5.24. The number of ketones is 1. The van der Waals surface area contributed by atoms with E-state index in [0.29, 0.717) is 30.1 Å². The second-order valence-electron chi connectivity index (χ2n) is 7.37. The van der Waals surface area contributed by atoms with Gasteiger partial charge >= 0.3 is 0 Å². The number of amides is 1. The highest BCUT2D eigenvalue weighted by Crippen LogP contribution is 2.39. The molecule has 0 radical (unpaired) electrons. The Balaban J connectivity index is 1.69. The summed E-state index contributed by atoms with van der Waals surface area (Å²) in [4.78, 5) is 35.6. The van der Waals surface area contributed by atoms with Crippen LogP contribution in [0.2, 0.25) is 0 Å². The van der Waals surface area contributed by atoms with Crippen LogP contribution in [0.15, 0.2) is 58.8 Å². The fraction of sp³-hybridized carbons (Fsp3) is 0.273. The molecule has 0 aliphatic carbocycles. The molecule has 1 aromatic carbocycles. The van der Waals surface area contributed by atoms with Gasteiger partial charge in [0.25, 0.3) is 0 Å². The van der Waals surface area contributed by atoms with Crippen LogP contribution in [-0.2, 0) is 11.3 Å². The maximum atomic E-state index is 13.4. The van der Waals surface area contributed by atoms with Crippen molar-refractivity contribution in [3.8, 4) is 0 Å². The number of aromatic nitrogens is 3. The Morgan fingerprint density at radius 3 is 2.68 bits per heavy atom.